The topological polar surface area (TPSA) is 84.8 Å². The van der Waals surface area contributed by atoms with Gasteiger partial charge in [0, 0.05) is 25.8 Å². The molecule has 8 nitrogen and oxygen atoms in total. The van der Waals surface area contributed by atoms with E-state index in [0.29, 0.717) is 28.6 Å². The number of fused-ring (bicyclic) bond motifs is 1. The van der Waals surface area contributed by atoms with Crippen LogP contribution in [-0.2, 0) is 31.3 Å². The summed E-state index contributed by atoms with van der Waals surface area (Å²) in [5.41, 5.74) is 0.191. The summed E-state index contributed by atoms with van der Waals surface area (Å²) in [5, 5.41) is 12.5. The van der Waals surface area contributed by atoms with Gasteiger partial charge in [0.25, 0.3) is 0 Å². The second kappa shape index (κ2) is 16.0. The zero-order chi connectivity index (χ0) is 34.1. The van der Waals surface area contributed by atoms with Crippen LogP contribution in [0.2, 0.25) is 13.1 Å². The second-order valence-corrected chi connectivity index (χ2v) is 15.3. The Labute approximate surface area is 282 Å². The van der Waals surface area contributed by atoms with Crippen molar-refractivity contribution in [3.8, 4) is 34.8 Å². The number of hydrogen-bond donors (Lipinski definition) is 1. The fourth-order valence-corrected chi connectivity index (χ4v) is 6.63. The van der Waals surface area contributed by atoms with Gasteiger partial charge < -0.3 is 38.0 Å². The van der Waals surface area contributed by atoms with Crippen LogP contribution in [0.4, 0.5) is 0 Å². The Morgan fingerprint density at radius 1 is 0.872 bits per heavy atom. The van der Waals surface area contributed by atoms with Gasteiger partial charge >= 0.3 is 0 Å². The van der Waals surface area contributed by atoms with E-state index >= 15 is 0 Å². The molecule has 3 aromatic carbocycles. The van der Waals surface area contributed by atoms with Crippen LogP contribution < -0.4 is 18.9 Å². The monoisotopic (exact) mass is 661 g/mol. The van der Waals surface area contributed by atoms with Gasteiger partial charge in [-0.1, -0.05) is 56.9 Å². The molecule has 47 heavy (non-hydrogen) atoms. The Kier molecular flexibility index (Phi) is 12.4. The molecule has 1 heterocycles. The largest absolute Gasteiger partial charge is 0.492 e. The number of hydrogen-bond acceptors (Lipinski definition) is 8. The highest BCUT2D eigenvalue weighted by atomic mass is 28.3. The molecule has 0 aliphatic carbocycles. The number of aliphatic hydroxyl groups is 1. The Balaban J connectivity index is 1.52. The van der Waals surface area contributed by atoms with Crippen LogP contribution in [0.5, 0.6) is 23.0 Å². The van der Waals surface area contributed by atoms with Crippen molar-refractivity contribution in [3.05, 3.63) is 83.4 Å². The summed E-state index contributed by atoms with van der Waals surface area (Å²) < 4.78 is 39.8. The lowest BCUT2D eigenvalue weighted by molar-refractivity contribution is -0.0274. The van der Waals surface area contributed by atoms with Gasteiger partial charge in [0.05, 0.1) is 11.5 Å². The standard InChI is InChI=1S/C38H49O8Si/c1-36(2,3)35(46-47(7)8)21-12-28-10-15-30(16-11-28)42-23-9-22-38(39)33-20-19-32(45-27-41-6)24-34(33)43-25-37(38,4)29-13-17-31(18-14-29)44-26-40-5/h10-11,13-20,24,35,39H,12,21,23,25-27H2,1-8H3. The smallest absolute Gasteiger partial charge is 0.205 e. The van der Waals surface area contributed by atoms with Crippen LogP contribution in [-0.4, -0.2) is 61.3 Å². The van der Waals surface area contributed by atoms with Gasteiger partial charge in [-0.15, -0.1) is 0 Å². The van der Waals surface area contributed by atoms with Crippen molar-refractivity contribution in [3.63, 3.8) is 0 Å². The van der Waals surface area contributed by atoms with Crippen molar-refractivity contribution < 1.29 is 38.0 Å². The van der Waals surface area contributed by atoms with E-state index in [4.69, 9.17) is 32.8 Å². The molecule has 1 aliphatic heterocycles. The molecule has 1 radical (unpaired) electrons. The maximum Gasteiger partial charge on any atom is 0.205 e. The number of aryl methyl sites for hydroxylation is 1. The van der Waals surface area contributed by atoms with Crippen LogP contribution >= 0.6 is 0 Å². The molecule has 253 valence electrons. The minimum Gasteiger partial charge on any atom is -0.492 e. The predicted molar refractivity (Wildman–Crippen MR) is 184 cm³/mol. The molecule has 0 aromatic heterocycles. The zero-order valence-electron chi connectivity index (χ0n) is 29.0. The fourth-order valence-electron chi connectivity index (χ4n) is 5.59. The van der Waals surface area contributed by atoms with Gasteiger partial charge in [-0.3, -0.25) is 0 Å². The first-order valence-corrected chi connectivity index (χ1v) is 18.3. The van der Waals surface area contributed by atoms with Gasteiger partial charge in [-0.2, -0.15) is 0 Å². The Bertz CT molecular complexity index is 1490. The maximum atomic E-state index is 12.5. The molecule has 3 aromatic rings. The summed E-state index contributed by atoms with van der Waals surface area (Å²) in [6.45, 7) is 13.6. The minimum absolute atomic E-state index is 0.0940. The van der Waals surface area contributed by atoms with Crippen LogP contribution in [0, 0.1) is 17.3 Å². The summed E-state index contributed by atoms with van der Waals surface area (Å²) in [7, 11) is 2.36. The van der Waals surface area contributed by atoms with Crippen LogP contribution in [0.1, 0.15) is 50.8 Å². The van der Waals surface area contributed by atoms with Crippen molar-refractivity contribution in [2.75, 3.05) is 41.0 Å². The predicted octanol–water partition coefficient (Wildman–Crippen LogP) is 6.89. The normalized spacial score (nSPS) is 19.6. The Morgan fingerprint density at radius 2 is 1.47 bits per heavy atom. The molecule has 3 unspecified atom stereocenters. The lowest BCUT2D eigenvalue weighted by atomic mass is 9.65. The Morgan fingerprint density at radius 3 is 2.09 bits per heavy atom. The lowest BCUT2D eigenvalue weighted by Crippen LogP contribution is -2.53. The summed E-state index contributed by atoms with van der Waals surface area (Å²) >= 11 is 0. The van der Waals surface area contributed by atoms with E-state index in [1.165, 1.54) is 5.56 Å². The van der Waals surface area contributed by atoms with Crippen molar-refractivity contribution in [2.24, 2.45) is 5.41 Å². The maximum absolute atomic E-state index is 12.5. The molecular formula is C38H49O8Si. The molecule has 3 atom stereocenters. The van der Waals surface area contributed by atoms with Crippen molar-refractivity contribution >= 4 is 9.04 Å². The average molecular weight is 662 g/mol. The van der Waals surface area contributed by atoms with E-state index in [0.717, 1.165) is 18.4 Å². The Hall–Kier alpha value is -3.52. The van der Waals surface area contributed by atoms with Crippen molar-refractivity contribution in [1.29, 1.82) is 0 Å². The average Bonchev–Trinajstić information content (AvgIpc) is 3.05. The van der Waals surface area contributed by atoms with Gasteiger partial charge in [0.2, 0.25) is 9.04 Å². The zero-order valence-corrected chi connectivity index (χ0v) is 30.0. The van der Waals surface area contributed by atoms with Crippen LogP contribution in [0.25, 0.3) is 0 Å². The molecule has 0 spiro atoms. The van der Waals surface area contributed by atoms with E-state index in [1.807, 2.05) is 43.3 Å². The third-order valence-electron chi connectivity index (χ3n) is 8.38. The minimum atomic E-state index is -1.60. The highest BCUT2D eigenvalue weighted by Gasteiger charge is 2.53. The number of methoxy groups -OCH3 is 2. The summed E-state index contributed by atoms with van der Waals surface area (Å²) in [4.78, 5) is 0. The molecule has 0 amide bonds. The first-order valence-electron chi connectivity index (χ1n) is 15.9. The first-order chi connectivity index (χ1) is 22.4. The molecule has 9 heteroatoms. The van der Waals surface area contributed by atoms with Gasteiger partial charge in [-0.05, 0) is 85.8 Å². The molecule has 0 saturated heterocycles. The molecule has 0 bridgehead atoms. The highest BCUT2D eigenvalue weighted by molar-refractivity contribution is 6.48. The highest BCUT2D eigenvalue weighted by Crippen LogP contribution is 2.50. The van der Waals surface area contributed by atoms with Crippen molar-refractivity contribution in [1.82, 2.24) is 0 Å². The first kappa shape index (κ1) is 36.3. The van der Waals surface area contributed by atoms with E-state index in [9.17, 15) is 5.11 Å². The van der Waals surface area contributed by atoms with E-state index in [1.54, 1.807) is 32.4 Å². The van der Waals surface area contributed by atoms with E-state index < -0.39 is 20.1 Å². The number of benzene rings is 3. The van der Waals surface area contributed by atoms with Gasteiger partial charge in [0.1, 0.15) is 36.2 Å². The van der Waals surface area contributed by atoms with E-state index in [-0.39, 0.29) is 38.3 Å². The molecule has 0 fully saturated rings. The summed E-state index contributed by atoms with van der Waals surface area (Å²) in [6.07, 6.45) is 2.12. The molecular weight excluding hydrogens is 612 g/mol. The summed E-state index contributed by atoms with van der Waals surface area (Å²) in [6, 6.07) is 21.0. The fraction of sp³-hybridized carbons (Fsp3) is 0.474. The van der Waals surface area contributed by atoms with E-state index in [2.05, 4.69) is 57.8 Å². The third-order valence-corrected chi connectivity index (χ3v) is 9.13. The number of rotatable bonds is 14. The van der Waals surface area contributed by atoms with Crippen LogP contribution in [0.3, 0.4) is 0 Å². The van der Waals surface area contributed by atoms with Gasteiger partial charge in [-0.25, -0.2) is 0 Å². The quantitative estimate of drug-likeness (QED) is 0.114. The second-order valence-electron chi connectivity index (χ2n) is 13.3. The molecule has 1 aliphatic rings. The molecule has 1 N–H and O–H groups in total. The SMILES string of the molecule is COCOc1ccc(C2(C)COc3cc(OCOC)ccc3C2(O)C#CCOc2ccc(CCC(O[Si](C)C)C(C)(C)C)cc2)cc1. The third kappa shape index (κ3) is 9.09. The van der Waals surface area contributed by atoms with Gasteiger partial charge in [0.15, 0.2) is 19.2 Å². The van der Waals surface area contributed by atoms with Crippen LogP contribution in [0.15, 0.2) is 66.7 Å². The summed E-state index contributed by atoms with van der Waals surface area (Å²) in [5.74, 6) is 8.71. The molecule has 4 rings (SSSR count). The molecule has 0 saturated carbocycles. The number of ether oxygens (including phenoxy) is 6. The van der Waals surface area contributed by atoms with Crippen molar-refractivity contribution in [2.45, 2.75) is 70.8 Å². The lowest BCUT2D eigenvalue weighted by Gasteiger charge is -2.46.